The van der Waals surface area contributed by atoms with Gasteiger partial charge >= 0.3 is 5.97 Å². The third-order valence-electron chi connectivity index (χ3n) is 4.25. The number of esters is 1. The zero-order chi connectivity index (χ0) is 13.4. The van der Waals surface area contributed by atoms with Gasteiger partial charge in [0.25, 0.3) is 0 Å². The standard InChI is InChI=1S/C15H18BrNO2/c1-2-19-15(18)9-6-7-13-11(8-9)10-4-3-5-12(16)14(10)17-13/h3-5,9,11,13,17H,2,6-8H2,1H3/t9?,11-,13-/m0/s1. The zero-order valence-corrected chi connectivity index (χ0v) is 12.6. The first-order chi connectivity index (χ1) is 9.20. The summed E-state index contributed by atoms with van der Waals surface area (Å²) in [5.74, 6) is 0.480. The summed E-state index contributed by atoms with van der Waals surface area (Å²) in [5.41, 5.74) is 2.55. The van der Waals surface area contributed by atoms with Crippen molar-refractivity contribution < 1.29 is 9.53 Å². The van der Waals surface area contributed by atoms with Crippen LogP contribution in [-0.2, 0) is 9.53 Å². The monoisotopic (exact) mass is 323 g/mol. The van der Waals surface area contributed by atoms with Gasteiger partial charge in [0.2, 0.25) is 0 Å². The Hall–Kier alpha value is -1.03. The molecule has 19 heavy (non-hydrogen) atoms. The van der Waals surface area contributed by atoms with Gasteiger partial charge in [-0.3, -0.25) is 4.79 Å². The number of para-hydroxylation sites is 1. The van der Waals surface area contributed by atoms with Gasteiger partial charge in [-0.15, -0.1) is 0 Å². The minimum absolute atomic E-state index is 0.0237. The van der Waals surface area contributed by atoms with Crippen LogP contribution < -0.4 is 5.32 Å². The number of benzene rings is 1. The van der Waals surface area contributed by atoms with Crippen LogP contribution >= 0.6 is 15.9 Å². The fourth-order valence-electron chi connectivity index (χ4n) is 3.35. The maximum absolute atomic E-state index is 11.9. The van der Waals surface area contributed by atoms with Crippen molar-refractivity contribution in [3.05, 3.63) is 28.2 Å². The Balaban J connectivity index is 1.81. The highest BCUT2D eigenvalue weighted by Crippen LogP contribution is 2.48. The quantitative estimate of drug-likeness (QED) is 0.843. The Morgan fingerprint density at radius 1 is 1.47 bits per heavy atom. The SMILES string of the molecule is CCOC(=O)C1CC[C@@H]2Nc3c(Br)cccc3[C@@H]2C1. The number of rotatable bonds is 2. The van der Waals surface area contributed by atoms with Gasteiger partial charge in [0, 0.05) is 16.4 Å². The molecule has 3 rings (SSSR count). The number of hydrogen-bond acceptors (Lipinski definition) is 3. The summed E-state index contributed by atoms with van der Waals surface area (Å²) in [5, 5.41) is 3.60. The van der Waals surface area contributed by atoms with E-state index in [1.54, 1.807) is 0 Å². The number of hydrogen-bond donors (Lipinski definition) is 1. The van der Waals surface area contributed by atoms with E-state index in [2.05, 4.69) is 39.4 Å². The number of carbonyl (C=O) groups is 1. The number of halogens is 1. The largest absolute Gasteiger partial charge is 0.466 e. The normalized spacial score (nSPS) is 28.2. The lowest BCUT2D eigenvalue weighted by Gasteiger charge is -2.30. The second-order valence-electron chi connectivity index (χ2n) is 5.32. The van der Waals surface area contributed by atoms with E-state index >= 15 is 0 Å². The topological polar surface area (TPSA) is 38.3 Å². The summed E-state index contributed by atoms with van der Waals surface area (Å²) in [6.45, 7) is 2.34. The van der Waals surface area contributed by atoms with Crippen LogP contribution in [0.5, 0.6) is 0 Å². The van der Waals surface area contributed by atoms with E-state index in [4.69, 9.17) is 4.74 Å². The second kappa shape index (κ2) is 5.16. The predicted molar refractivity (Wildman–Crippen MR) is 78.3 cm³/mol. The third kappa shape index (κ3) is 2.27. The molecule has 3 atom stereocenters. The molecular formula is C15H18BrNO2. The molecule has 0 aromatic heterocycles. The van der Waals surface area contributed by atoms with Crippen LogP contribution in [0.3, 0.4) is 0 Å². The number of ether oxygens (including phenoxy) is 1. The Morgan fingerprint density at radius 3 is 3.11 bits per heavy atom. The molecule has 1 aromatic carbocycles. The van der Waals surface area contributed by atoms with Crippen molar-refractivity contribution in [1.82, 2.24) is 0 Å². The van der Waals surface area contributed by atoms with E-state index in [-0.39, 0.29) is 11.9 Å². The van der Waals surface area contributed by atoms with Crippen molar-refractivity contribution in [1.29, 1.82) is 0 Å². The fraction of sp³-hybridized carbons (Fsp3) is 0.533. The van der Waals surface area contributed by atoms with Gasteiger partial charge in [0.05, 0.1) is 18.2 Å². The average Bonchev–Trinajstić information content (AvgIpc) is 2.78. The summed E-state index contributed by atoms with van der Waals surface area (Å²) >= 11 is 3.60. The van der Waals surface area contributed by atoms with Gasteiger partial charge in [0.1, 0.15) is 0 Å². The van der Waals surface area contributed by atoms with Crippen LogP contribution in [0.2, 0.25) is 0 Å². The Kier molecular flexibility index (Phi) is 3.52. The van der Waals surface area contributed by atoms with Crippen molar-refractivity contribution >= 4 is 27.6 Å². The number of nitrogens with one attached hydrogen (secondary N) is 1. The Morgan fingerprint density at radius 2 is 2.32 bits per heavy atom. The molecule has 2 aliphatic rings. The van der Waals surface area contributed by atoms with E-state index in [9.17, 15) is 4.79 Å². The highest BCUT2D eigenvalue weighted by atomic mass is 79.9. The first-order valence-corrected chi connectivity index (χ1v) is 7.71. The Labute approximate surface area is 121 Å². The number of anilines is 1. The van der Waals surface area contributed by atoms with Crippen molar-refractivity contribution in [3.8, 4) is 0 Å². The summed E-state index contributed by atoms with van der Waals surface area (Å²) in [7, 11) is 0. The van der Waals surface area contributed by atoms with Gasteiger partial charge in [-0.2, -0.15) is 0 Å². The minimum atomic E-state index is -0.0237. The van der Waals surface area contributed by atoms with Gasteiger partial charge < -0.3 is 10.1 Å². The first-order valence-electron chi connectivity index (χ1n) is 6.92. The maximum Gasteiger partial charge on any atom is 0.308 e. The van der Waals surface area contributed by atoms with Crippen LogP contribution in [0.1, 0.15) is 37.7 Å². The predicted octanol–water partition coefficient (Wildman–Crippen LogP) is 3.69. The smallest absolute Gasteiger partial charge is 0.308 e. The molecule has 0 radical (unpaired) electrons. The van der Waals surface area contributed by atoms with Crippen LogP contribution in [-0.4, -0.2) is 18.6 Å². The lowest BCUT2D eigenvalue weighted by molar-refractivity contribution is -0.149. The molecule has 1 fully saturated rings. The number of fused-ring (bicyclic) bond motifs is 3. The molecule has 1 aliphatic carbocycles. The molecule has 1 heterocycles. The summed E-state index contributed by atoms with van der Waals surface area (Å²) < 4.78 is 6.29. The average molecular weight is 324 g/mol. The summed E-state index contributed by atoms with van der Waals surface area (Å²) in [4.78, 5) is 11.9. The maximum atomic E-state index is 11.9. The molecule has 3 nitrogen and oxygen atoms in total. The highest BCUT2D eigenvalue weighted by molar-refractivity contribution is 9.10. The van der Waals surface area contributed by atoms with Crippen LogP contribution in [0.15, 0.2) is 22.7 Å². The van der Waals surface area contributed by atoms with E-state index in [0.717, 1.165) is 23.7 Å². The van der Waals surface area contributed by atoms with Gasteiger partial charge in [-0.1, -0.05) is 12.1 Å². The molecule has 0 amide bonds. The number of carbonyl (C=O) groups excluding carboxylic acids is 1. The van der Waals surface area contributed by atoms with Gasteiger partial charge in [-0.25, -0.2) is 0 Å². The first kappa shape index (κ1) is 13.0. The molecule has 1 N–H and O–H groups in total. The molecule has 0 bridgehead atoms. The minimum Gasteiger partial charge on any atom is -0.466 e. The van der Waals surface area contributed by atoms with Gasteiger partial charge in [-0.05, 0) is 53.7 Å². The van der Waals surface area contributed by atoms with Crippen molar-refractivity contribution in [3.63, 3.8) is 0 Å². The van der Waals surface area contributed by atoms with Crippen molar-refractivity contribution in [2.24, 2.45) is 5.92 Å². The highest BCUT2D eigenvalue weighted by Gasteiger charge is 2.40. The van der Waals surface area contributed by atoms with Crippen LogP contribution in [0, 0.1) is 5.92 Å². The fourth-order valence-corrected chi connectivity index (χ4v) is 3.84. The van der Waals surface area contributed by atoms with E-state index < -0.39 is 0 Å². The molecular weight excluding hydrogens is 306 g/mol. The lowest BCUT2D eigenvalue weighted by atomic mass is 9.77. The molecule has 1 saturated carbocycles. The van der Waals surface area contributed by atoms with Crippen molar-refractivity contribution in [2.75, 3.05) is 11.9 Å². The molecule has 102 valence electrons. The van der Waals surface area contributed by atoms with Crippen LogP contribution in [0.4, 0.5) is 5.69 Å². The third-order valence-corrected chi connectivity index (χ3v) is 4.91. The van der Waals surface area contributed by atoms with E-state index in [0.29, 0.717) is 18.6 Å². The van der Waals surface area contributed by atoms with Crippen LogP contribution in [0.25, 0.3) is 0 Å². The van der Waals surface area contributed by atoms with Gasteiger partial charge in [0.15, 0.2) is 0 Å². The summed E-state index contributed by atoms with van der Waals surface area (Å²) in [6, 6.07) is 6.78. The second-order valence-corrected chi connectivity index (χ2v) is 6.18. The molecule has 1 aliphatic heterocycles. The lowest BCUT2D eigenvalue weighted by Crippen LogP contribution is -2.32. The van der Waals surface area contributed by atoms with E-state index in [1.807, 2.05) is 6.92 Å². The molecule has 1 aromatic rings. The Bertz CT molecular complexity index is 503. The molecule has 0 saturated heterocycles. The molecule has 4 heteroatoms. The summed E-state index contributed by atoms with van der Waals surface area (Å²) in [6.07, 6.45) is 2.87. The molecule has 0 spiro atoms. The van der Waals surface area contributed by atoms with Crippen molar-refractivity contribution in [2.45, 2.75) is 38.1 Å². The molecule has 1 unspecified atom stereocenters. The zero-order valence-electron chi connectivity index (χ0n) is 11.0. The van der Waals surface area contributed by atoms with E-state index in [1.165, 1.54) is 11.3 Å².